The standard InChI is InChI=1S/C10H9F3INO4/c1-3-18-9(16)7-6(19-10(11,12)13)4-5(14)8(15-7)17-2/h4H,3H2,1-2H3. The van der Waals surface area contributed by atoms with E-state index in [1.807, 2.05) is 0 Å². The molecule has 0 radical (unpaired) electrons. The fraction of sp³-hybridized carbons (Fsp3) is 0.400. The molecular formula is C10H9F3INO4. The highest BCUT2D eigenvalue weighted by atomic mass is 127. The molecule has 0 aliphatic heterocycles. The highest BCUT2D eigenvalue weighted by Gasteiger charge is 2.34. The van der Waals surface area contributed by atoms with E-state index in [1.54, 1.807) is 22.6 Å². The van der Waals surface area contributed by atoms with Gasteiger partial charge in [-0.1, -0.05) is 0 Å². The second kappa shape index (κ2) is 6.26. The number of halogens is 4. The van der Waals surface area contributed by atoms with Crippen molar-refractivity contribution in [1.82, 2.24) is 4.98 Å². The molecule has 0 bridgehead atoms. The number of alkyl halides is 3. The molecule has 0 saturated carbocycles. The Hall–Kier alpha value is -1.26. The summed E-state index contributed by atoms with van der Waals surface area (Å²) in [6, 6.07) is 1.01. The van der Waals surface area contributed by atoms with Crippen molar-refractivity contribution in [2.45, 2.75) is 13.3 Å². The SMILES string of the molecule is CCOC(=O)c1nc(OC)c(I)cc1OC(F)(F)F. The summed E-state index contributed by atoms with van der Waals surface area (Å²) in [6.07, 6.45) is -4.93. The van der Waals surface area contributed by atoms with Crippen LogP contribution in [-0.4, -0.2) is 31.0 Å². The van der Waals surface area contributed by atoms with Crippen molar-refractivity contribution in [3.05, 3.63) is 15.3 Å². The van der Waals surface area contributed by atoms with E-state index >= 15 is 0 Å². The molecule has 1 heterocycles. The van der Waals surface area contributed by atoms with Gasteiger partial charge in [0.1, 0.15) is 0 Å². The summed E-state index contributed by atoms with van der Waals surface area (Å²) in [7, 11) is 1.28. The molecule has 9 heteroatoms. The molecule has 106 valence electrons. The first-order valence-corrected chi connectivity index (χ1v) is 6.03. The number of ether oxygens (including phenoxy) is 3. The van der Waals surface area contributed by atoms with Gasteiger partial charge in [0.25, 0.3) is 0 Å². The van der Waals surface area contributed by atoms with Gasteiger partial charge < -0.3 is 14.2 Å². The van der Waals surface area contributed by atoms with Crippen LogP contribution in [-0.2, 0) is 4.74 Å². The highest BCUT2D eigenvalue weighted by Crippen LogP contribution is 2.31. The topological polar surface area (TPSA) is 57.7 Å². The lowest BCUT2D eigenvalue weighted by Crippen LogP contribution is -2.20. The Kier molecular flexibility index (Phi) is 5.20. The van der Waals surface area contributed by atoms with Crippen molar-refractivity contribution >= 4 is 28.6 Å². The molecular weight excluding hydrogens is 382 g/mol. The van der Waals surface area contributed by atoms with E-state index in [-0.39, 0.29) is 16.1 Å². The Balaban J connectivity index is 3.26. The first-order chi connectivity index (χ1) is 8.78. The minimum Gasteiger partial charge on any atom is -0.480 e. The van der Waals surface area contributed by atoms with Gasteiger partial charge in [0, 0.05) is 6.07 Å². The van der Waals surface area contributed by atoms with Gasteiger partial charge in [0.2, 0.25) is 5.88 Å². The van der Waals surface area contributed by atoms with Gasteiger partial charge in [0.05, 0.1) is 17.3 Å². The molecule has 1 aromatic heterocycles. The van der Waals surface area contributed by atoms with E-state index in [2.05, 4.69) is 14.5 Å². The fourth-order valence-corrected chi connectivity index (χ4v) is 1.77. The molecule has 0 N–H and O–H groups in total. The molecule has 1 rings (SSSR count). The summed E-state index contributed by atoms with van der Waals surface area (Å²) in [5.74, 6) is -1.73. The van der Waals surface area contributed by atoms with Crippen LogP contribution in [0.4, 0.5) is 13.2 Å². The first kappa shape index (κ1) is 15.8. The summed E-state index contributed by atoms with van der Waals surface area (Å²) in [6.45, 7) is 1.52. The molecule has 0 aliphatic carbocycles. The van der Waals surface area contributed by atoms with Crippen LogP contribution in [0.2, 0.25) is 0 Å². The van der Waals surface area contributed by atoms with E-state index in [9.17, 15) is 18.0 Å². The molecule has 19 heavy (non-hydrogen) atoms. The van der Waals surface area contributed by atoms with Crippen LogP contribution in [0.5, 0.6) is 11.6 Å². The van der Waals surface area contributed by atoms with Crippen LogP contribution in [0.25, 0.3) is 0 Å². The normalized spacial score (nSPS) is 11.1. The van der Waals surface area contributed by atoms with Gasteiger partial charge in [-0.3, -0.25) is 0 Å². The van der Waals surface area contributed by atoms with E-state index < -0.39 is 23.8 Å². The second-order valence-corrected chi connectivity index (χ2v) is 4.26. The van der Waals surface area contributed by atoms with Crippen LogP contribution < -0.4 is 9.47 Å². The summed E-state index contributed by atoms with van der Waals surface area (Å²) in [4.78, 5) is 15.2. The Bertz CT molecular complexity index is 479. The lowest BCUT2D eigenvalue weighted by Gasteiger charge is -2.13. The van der Waals surface area contributed by atoms with E-state index in [4.69, 9.17) is 4.74 Å². The minimum absolute atomic E-state index is 0.000271. The zero-order valence-electron chi connectivity index (χ0n) is 9.88. The van der Waals surface area contributed by atoms with Crippen LogP contribution in [0, 0.1) is 3.57 Å². The van der Waals surface area contributed by atoms with E-state index in [0.717, 1.165) is 6.07 Å². The number of pyridine rings is 1. The lowest BCUT2D eigenvalue weighted by molar-refractivity contribution is -0.274. The Morgan fingerprint density at radius 2 is 2.11 bits per heavy atom. The third kappa shape index (κ3) is 4.40. The first-order valence-electron chi connectivity index (χ1n) is 4.96. The van der Waals surface area contributed by atoms with Crippen molar-refractivity contribution < 1.29 is 32.2 Å². The van der Waals surface area contributed by atoms with Gasteiger partial charge in [-0.15, -0.1) is 13.2 Å². The molecule has 0 unspecified atom stereocenters. The second-order valence-electron chi connectivity index (χ2n) is 3.09. The number of carbonyl (C=O) groups excluding carboxylic acids is 1. The number of carbonyl (C=O) groups is 1. The summed E-state index contributed by atoms with van der Waals surface area (Å²) in [5, 5.41) is 0. The van der Waals surface area contributed by atoms with Gasteiger partial charge in [-0.05, 0) is 29.5 Å². The molecule has 1 aromatic rings. The number of hydrogen-bond acceptors (Lipinski definition) is 5. The van der Waals surface area contributed by atoms with Crippen molar-refractivity contribution in [3.8, 4) is 11.6 Å². The Labute approximate surface area is 120 Å². The lowest BCUT2D eigenvalue weighted by atomic mass is 10.3. The number of nitrogens with zero attached hydrogens (tertiary/aromatic N) is 1. The number of esters is 1. The third-order valence-electron chi connectivity index (χ3n) is 1.80. The molecule has 0 fully saturated rings. The Morgan fingerprint density at radius 1 is 1.47 bits per heavy atom. The predicted molar refractivity (Wildman–Crippen MR) is 66.1 cm³/mol. The maximum absolute atomic E-state index is 12.2. The number of hydrogen-bond donors (Lipinski definition) is 0. The van der Waals surface area contributed by atoms with Crippen LogP contribution in [0.1, 0.15) is 17.4 Å². The maximum atomic E-state index is 12.2. The number of aromatic nitrogens is 1. The maximum Gasteiger partial charge on any atom is 0.573 e. The summed E-state index contributed by atoms with van der Waals surface area (Å²) in [5.41, 5.74) is -0.587. The van der Waals surface area contributed by atoms with Crippen molar-refractivity contribution in [1.29, 1.82) is 0 Å². The average molecular weight is 391 g/mol. The van der Waals surface area contributed by atoms with Crippen molar-refractivity contribution in [2.24, 2.45) is 0 Å². The van der Waals surface area contributed by atoms with Gasteiger partial charge in [-0.25, -0.2) is 9.78 Å². The van der Waals surface area contributed by atoms with Gasteiger partial charge >= 0.3 is 12.3 Å². The molecule has 0 spiro atoms. The molecule has 0 saturated heterocycles. The molecule has 0 aromatic carbocycles. The molecule has 0 atom stereocenters. The summed E-state index contributed by atoms with van der Waals surface area (Å²) >= 11 is 1.71. The van der Waals surface area contributed by atoms with Crippen molar-refractivity contribution in [3.63, 3.8) is 0 Å². The minimum atomic E-state index is -4.93. The predicted octanol–water partition coefficient (Wildman–Crippen LogP) is 2.77. The number of rotatable bonds is 4. The molecule has 5 nitrogen and oxygen atoms in total. The third-order valence-corrected chi connectivity index (χ3v) is 2.57. The average Bonchev–Trinajstić information content (AvgIpc) is 2.27. The zero-order valence-corrected chi connectivity index (χ0v) is 12.0. The van der Waals surface area contributed by atoms with E-state index in [0.29, 0.717) is 0 Å². The fourth-order valence-electron chi connectivity index (χ4n) is 1.15. The highest BCUT2D eigenvalue weighted by molar-refractivity contribution is 14.1. The smallest absolute Gasteiger partial charge is 0.480 e. The van der Waals surface area contributed by atoms with Crippen LogP contribution in [0.15, 0.2) is 6.07 Å². The van der Waals surface area contributed by atoms with Crippen LogP contribution >= 0.6 is 22.6 Å². The van der Waals surface area contributed by atoms with Gasteiger partial charge in [0.15, 0.2) is 11.4 Å². The van der Waals surface area contributed by atoms with Crippen molar-refractivity contribution in [2.75, 3.05) is 13.7 Å². The zero-order chi connectivity index (χ0) is 14.6. The Morgan fingerprint density at radius 3 is 2.58 bits per heavy atom. The van der Waals surface area contributed by atoms with Gasteiger partial charge in [-0.2, -0.15) is 0 Å². The molecule has 0 amide bonds. The molecule has 0 aliphatic rings. The van der Waals surface area contributed by atoms with E-state index in [1.165, 1.54) is 14.0 Å². The largest absolute Gasteiger partial charge is 0.573 e. The summed E-state index contributed by atoms with van der Waals surface area (Å²) < 4.78 is 50.2. The monoisotopic (exact) mass is 391 g/mol. The van der Waals surface area contributed by atoms with Crippen LogP contribution in [0.3, 0.4) is 0 Å². The number of methoxy groups -OCH3 is 1. The quantitative estimate of drug-likeness (QED) is 0.584.